The summed E-state index contributed by atoms with van der Waals surface area (Å²) in [4.78, 5) is 4.43. The van der Waals surface area contributed by atoms with Gasteiger partial charge < -0.3 is 15.2 Å². The molecule has 0 unspecified atom stereocenters. The molecule has 11 heteroatoms. The summed E-state index contributed by atoms with van der Waals surface area (Å²) in [5.41, 5.74) is -0.155. The second kappa shape index (κ2) is 12.9. The summed E-state index contributed by atoms with van der Waals surface area (Å²) in [6, 6.07) is 5.24. The minimum atomic E-state index is -4.35. The standard InChI is InChI=1S/C18H25F3N6S.HI/c1-3-16-26-25-13-27(16)9-7-22-17(23-8-10-28-2)24-12-14-5-4-6-15(11-14)18(19,20)21;/h4-6,11,13H,3,7-10,12H2,1-2H3,(H2,22,23,24);1H. The van der Waals surface area contributed by atoms with E-state index in [1.54, 1.807) is 24.2 Å². The zero-order valence-corrected chi connectivity index (χ0v) is 19.5. The van der Waals surface area contributed by atoms with Crippen LogP contribution in [0.1, 0.15) is 23.9 Å². The van der Waals surface area contributed by atoms with Crippen molar-refractivity contribution in [3.05, 3.63) is 47.5 Å². The number of alkyl halides is 3. The molecule has 0 aliphatic carbocycles. The molecular weight excluding hydrogens is 516 g/mol. The van der Waals surface area contributed by atoms with Crippen LogP contribution in [0.2, 0.25) is 0 Å². The number of rotatable bonds is 9. The molecule has 0 atom stereocenters. The molecule has 29 heavy (non-hydrogen) atoms. The van der Waals surface area contributed by atoms with E-state index in [4.69, 9.17) is 0 Å². The number of aromatic nitrogens is 3. The van der Waals surface area contributed by atoms with Crippen LogP contribution in [-0.2, 0) is 25.7 Å². The molecule has 162 valence electrons. The Labute approximate surface area is 190 Å². The van der Waals surface area contributed by atoms with Crippen LogP contribution < -0.4 is 10.6 Å². The summed E-state index contributed by atoms with van der Waals surface area (Å²) in [5.74, 6) is 2.37. The van der Waals surface area contributed by atoms with Crippen molar-refractivity contribution in [3.8, 4) is 0 Å². The van der Waals surface area contributed by atoms with Gasteiger partial charge in [0, 0.05) is 31.8 Å². The number of benzene rings is 1. The first-order valence-electron chi connectivity index (χ1n) is 8.98. The van der Waals surface area contributed by atoms with E-state index in [9.17, 15) is 13.2 Å². The average Bonchev–Trinajstić information content (AvgIpc) is 3.13. The number of nitrogens with one attached hydrogen (secondary N) is 2. The minimum Gasteiger partial charge on any atom is -0.356 e. The van der Waals surface area contributed by atoms with Crippen molar-refractivity contribution in [1.82, 2.24) is 25.4 Å². The molecule has 6 nitrogen and oxygen atoms in total. The van der Waals surface area contributed by atoms with Gasteiger partial charge in [0.05, 0.1) is 12.1 Å². The number of aryl methyl sites for hydroxylation is 1. The normalized spacial score (nSPS) is 11.8. The van der Waals surface area contributed by atoms with Crippen LogP contribution in [-0.4, -0.2) is 45.8 Å². The van der Waals surface area contributed by atoms with Crippen LogP contribution in [0, 0.1) is 0 Å². The minimum absolute atomic E-state index is 0. The van der Waals surface area contributed by atoms with Crippen molar-refractivity contribution in [2.75, 3.05) is 25.1 Å². The summed E-state index contributed by atoms with van der Waals surface area (Å²) >= 11 is 1.70. The lowest BCUT2D eigenvalue weighted by atomic mass is 10.1. The average molecular weight is 542 g/mol. The maximum absolute atomic E-state index is 12.9. The van der Waals surface area contributed by atoms with Crippen LogP contribution in [0.4, 0.5) is 13.2 Å². The Balaban J connectivity index is 0.00000420. The number of guanidine groups is 1. The van der Waals surface area contributed by atoms with Crippen molar-refractivity contribution >= 4 is 41.7 Å². The number of hydrogen-bond donors (Lipinski definition) is 2. The van der Waals surface area contributed by atoms with Gasteiger partial charge in [0.15, 0.2) is 5.96 Å². The molecule has 1 aromatic carbocycles. The fourth-order valence-electron chi connectivity index (χ4n) is 2.50. The molecule has 0 radical (unpaired) electrons. The van der Waals surface area contributed by atoms with E-state index >= 15 is 0 Å². The van der Waals surface area contributed by atoms with Gasteiger partial charge in [-0.1, -0.05) is 19.1 Å². The lowest BCUT2D eigenvalue weighted by Crippen LogP contribution is -2.40. The molecule has 1 heterocycles. The van der Waals surface area contributed by atoms with Gasteiger partial charge in [0.2, 0.25) is 0 Å². The summed E-state index contributed by atoms with van der Waals surface area (Å²) in [6.45, 7) is 4.15. The Hall–Kier alpha value is -1.50. The molecule has 2 N–H and O–H groups in total. The molecule has 2 aromatic rings. The van der Waals surface area contributed by atoms with Crippen LogP contribution in [0.15, 0.2) is 35.6 Å². The van der Waals surface area contributed by atoms with Crippen molar-refractivity contribution in [2.24, 2.45) is 4.99 Å². The Kier molecular flexibility index (Phi) is 11.4. The highest BCUT2D eigenvalue weighted by Gasteiger charge is 2.30. The van der Waals surface area contributed by atoms with Gasteiger partial charge in [-0.25, -0.2) is 4.99 Å². The van der Waals surface area contributed by atoms with Crippen molar-refractivity contribution in [3.63, 3.8) is 0 Å². The molecule has 0 spiro atoms. The SMILES string of the molecule is CCc1nncn1CCNC(=NCc1cccc(C(F)(F)F)c1)NCCSC.I. The van der Waals surface area contributed by atoms with Gasteiger partial charge in [0.1, 0.15) is 12.2 Å². The van der Waals surface area contributed by atoms with E-state index in [0.717, 1.165) is 30.1 Å². The molecule has 2 rings (SSSR count). The molecule has 0 fully saturated rings. The van der Waals surface area contributed by atoms with Crippen LogP contribution >= 0.6 is 35.7 Å². The third kappa shape index (κ3) is 8.81. The van der Waals surface area contributed by atoms with Crippen molar-refractivity contribution in [1.29, 1.82) is 0 Å². The molecule has 0 aliphatic rings. The van der Waals surface area contributed by atoms with Crippen LogP contribution in [0.3, 0.4) is 0 Å². The molecule has 0 aliphatic heterocycles. The molecule has 0 saturated carbocycles. The predicted molar refractivity (Wildman–Crippen MR) is 122 cm³/mol. The fourth-order valence-corrected chi connectivity index (χ4v) is 2.80. The molecule has 1 aromatic heterocycles. The fraction of sp³-hybridized carbons (Fsp3) is 0.500. The van der Waals surface area contributed by atoms with E-state index in [2.05, 4.69) is 25.8 Å². The van der Waals surface area contributed by atoms with Crippen molar-refractivity contribution < 1.29 is 13.2 Å². The van der Waals surface area contributed by atoms with Gasteiger partial charge in [0.25, 0.3) is 0 Å². The lowest BCUT2D eigenvalue weighted by molar-refractivity contribution is -0.137. The summed E-state index contributed by atoms with van der Waals surface area (Å²) in [6.07, 6.45) is 0.129. The third-order valence-electron chi connectivity index (χ3n) is 3.93. The topological polar surface area (TPSA) is 67.1 Å². The zero-order valence-electron chi connectivity index (χ0n) is 16.4. The smallest absolute Gasteiger partial charge is 0.356 e. The zero-order chi connectivity index (χ0) is 20.4. The first-order valence-corrected chi connectivity index (χ1v) is 10.4. The summed E-state index contributed by atoms with van der Waals surface area (Å²) in [5, 5.41) is 14.4. The van der Waals surface area contributed by atoms with Crippen LogP contribution in [0.5, 0.6) is 0 Å². The van der Waals surface area contributed by atoms with Gasteiger partial charge >= 0.3 is 6.18 Å². The van der Waals surface area contributed by atoms with E-state index in [0.29, 0.717) is 31.2 Å². The van der Waals surface area contributed by atoms with Gasteiger partial charge in [-0.3, -0.25) is 0 Å². The number of hydrogen-bond acceptors (Lipinski definition) is 4. The summed E-state index contributed by atoms with van der Waals surface area (Å²) < 4.78 is 40.5. The predicted octanol–water partition coefficient (Wildman–Crippen LogP) is 3.58. The number of halogens is 4. The number of nitrogens with zero attached hydrogens (tertiary/aromatic N) is 4. The Bertz CT molecular complexity index is 766. The first-order chi connectivity index (χ1) is 13.4. The maximum Gasteiger partial charge on any atom is 0.416 e. The van der Waals surface area contributed by atoms with E-state index in [1.807, 2.05) is 17.7 Å². The number of aliphatic imine (C=N–C) groups is 1. The van der Waals surface area contributed by atoms with Gasteiger partial charge in [-0.15, -0.1) is 34.2 Å². The monoisotopic (exact) mass is 542 g/mol. The Morgan fingerprint density at radius 1 is 1.24 bits per heavy atom. The van der Waals surface area contributed by atoms with Gasteiger partial charge in [-0.05, 0) is 24.0 Å². The third-order valence-corrected chi connectivity index (χ3v) is 4.54. The maximum atomic E-state index is 12.9. The molecule has 0 bridgehead atoms. The first kappa shape index (κ1) is 25.5. The Morgan fingerprint density at radius 2 is 2.00 bits per heavy atom. The summed E-state index contributed by atoms with van der Waals surface area (Å²) in [7, 11) is 0. The van der Waals surface area contributed by atoms with Crippen molar-refractivity contribution in [2.45, 2.75) is 32.6 Å². The highest BCUT2D eigenvalue weighted by molar-refractivity contribution is 14.0. The van der Waals surface area contributed by atoms with E-state index in [1.165, 1.54) is 6.07 Å². The second-order valence-electron chi connectivity index (χ2n) is 6.00. The second-order valence-corrected chi connectivity index (χ2v) is 6.99. The molecule has 0 amide bonds. The number of thioether (sulfide) groups is 1. The Morgan fingerprint density at radius 3 is 2.69 bits per heavy atom. The molecular formula is C18H26F3IN6S. The highest BCUT2D eigenvalue weighted by Crippen LogP contribution is 2.29. The quantitative estimate of drug-likeness (QED) is 0.220. The van der Waals surface area contributed by atoms with E-state index < -0.39 is 11.7 Å². The highest BCUT2D eigenvalue weighted by atomic mass is 127. The largest absolute Gasteiger partial charge is 0.416 e. The van der Waals surface area contributed by atoms with E-state index in [-0.39, 0.29) is 30.5 Å². The lowest BCUT2D eigenvalue weighted by Gasteiger charge is -2.13. The molecule has 0 saturated heterocycles. The van der Waals surface area contributed by atoms with Crippen LogP contribution in [0.25, 0.3) is 0 Å². The van der Waals surface area contributed by atoms with Gasteiger partial charge in [-0.2, -0.15) is 24.9 Å².